The van der Waals surface area contributed by atoms with Crippen molar-refractivity contribution in [2.75, 3.05) is 0 Å². The van der Waals surface area contributed by atoms with Crippen LogP contribution in [0.3, 0.4) is 0 Å². The predicted molar refractivity (Wildman–Crippen MR) is 114 cm³/mol. The summed E-state index contributed by atoms with van der Waals surface area (Å²) in [6.45, 7) is 7.38. The Bertz CT molecular complexity index is 1130. The molecule has 0 saturated heterocycles. The van der Waals surface area contributed by atoms with E-state index in [9.17, 15) is 13.2 Å². The molecule has 1 amide bonds. The average molecular weight is 428 g/mol. The molecule has 1 heterocycles. The van der Waals surface area contributed by atoms with Gasteiger partial charge in [-0.2, -0.15) is 5.10 Å². The fourth-order valence-electron chi connectivity index (χ4n) is 2.86. The van der Waals surface area contributed by atoms with Crippen LogP contribution in [0.15, 0.2) is 60.0 Å². The third kappa shape index (κ3) is 5.31. The van der Waals surface area contributed by atoms with Crippen LogP contribution in [0.5, 0.6) is 0 Å². The molecular weight excluding hydrogens is 402 g/mol. The summed E-state index contributed by atoms with van der Waals surface area (Å²) in [6, 6.07) is 12.1. The van der Waals surface area contributed by atoms with Gasteiger partial charge in [0.1, 0.15) is 12.7 Å². The van der Waals surface area contributed by atoms with E-state index in [-0.39, 0.29) is 10.8 Å². The maximum absolute atomic E-state index is 12.7. The molecule has 8 nitrogen and oxygen atoms in total. The van der Waals surface area contributed by atoms with Gasteiger partial charge in [-0.3, -0.25) is 4.79 Å². The summed E-state index contributed by atoms with van der Waals surface area (Å²) >= 11 is 0. The first-order chi connectivity index (χ1) is 14.0. The first-order valence-electron chi connectivity index (χ1n) is 9.42. The van der Waals surface area contributed by atoms with Crippen molar-refractivity contribution in [3.05, 3.63) is 71.8 Å². The fourth-order valence-corrected chi connectivity index (χ4v) is 4.30. The number of nitrogens with one attached hydrogen (secondary N) is 2. The highest BCUT2D eigenvalue weighted by atomic mass is 32.2. The highest BCUT2D eigenvalue weighted by Gasteiger charge is 2.23. The standard InChI is InChI=1S/C21H25N5O3S/c1-15-5-10-18(30(28,29)25-21(2,3)4)11-19(15)20(27)23-12-16-6-8-17(9-7-16)26-14-22-13-24-26/h5-11,13-14,25H,12H2,1-4H3,(H,23,27). The highest BCUT2D eigenvalue weighted by molar-refractivity contribution is 7.89. The van der Waals surface area contributed by atoms with E-state index >= 15 is 0 Å². The molecule has 0 unspecified atom stereocenters. The maximum atomic E-state index is 12.7. The smallest absolute Gasteiger partial charge is 0.251 e. The number of benzene rings is 2. The summed E-state index contributed by atoms with van der Waals surface area (Å²) in [7, 11) is -3.73. The Morgan fingerprint density at radius 1 is 1.10 bits per heavy atom. The topological polar surface area (TPSA) is 106 Å². The average Bonchev–Trinajstić information content (AvgIpc) is 3.19. The minimum atomic E-state index is -3.73. The van der Waals surface area contributed by atoms with Gasteiger partial charge in [0.15, 0.2) is 0 Å². The summed E-state index contributed by atoms with van der Waals surface area (Å²) in [4.78, 5) is 16.7. The molecule has 0 fully saturated rings. The fraction of sp³-hybridized carbons (Fsp3) is 0.286. The Morgan fingerprint density at radius 2 is 1.80 bits per heavy atom. The number of aryl methyl sites for hydroxylation is 1. The molecule has 0 aliphatic heterocycles. The van der Waals surface area contributed by atoms with Gasteiger partial charge in [0.25, 0.3) is 5.91 Å². The van der Waals surface area contributed by atoms with Crippen LogP contribution in [-0.4, -0.2) is 34.6 Å². The molecule has 0 spiro atoms. The van der Waals surface area contributed by atoms with Gasteiger partial charge >= 0.3 is 0 Å². The molecule has 0 saturated carbocycles. The largest absolute Gasteiger partial charge is 0.348 e. The van der Waals surface area contributed by atoms with E-state index in [2.05, 4.69) is 20.1 Å². The molecular formula is C21H25N5O3S. The van der Waals surface area contributed by atoms with Crippen LogP contribution in [0.4, 0.5) is 0 Å². The Morgan fingerprint density at radius 3 is 2.40 bits per heavy atom. The molecule has 0 bridgehead atoms. The summed E-state index contributed by atoms with van der Waals surface area (Å²) in [5.41, 5.74) is 2.17. The van der Waals surface area contributed by atoms with E-state index in [0.717, 1.165) is 11.3 Å². The first kappa shape index (κ1) is 21.7. The molecule has 2 N–H and O–H groups in total. The van der Waals surface area contributed by atoms with Crippen molar-refractivity contribution >= 4 is 15.9 Å². The van der Waals surface area contributed by atoms with E-state index in [1.807, 2.05) is 24.3 Å². The number of rotatable bonds is 6. The zero-order chi connectivity index (χ0) is 21.9. The maximum Gasteiger partial charge on any atom is 0.251 e. The number of carbonyl (C=O) groups excluding carboxylic acids is 1. The van der Waals surface area contributed by atoms with E-state index < -0.39 is 15.6 Å². The summed E-state index contributed by atoms with van der Waals surface area (Å²) in [5, 5.41) is 6.92. The van der Waals surface area contributed by atoms with Gasteiger partial charge in [-0.15, -0.1) is 0 Å². The van der Waals surface area contributed by atoms with Crippen molar-refractivity contribution in [1.82, 2.24) is 24.8 Å². The van der Waals surface area contributed by atoms with Crippen molar-refractivity contribution in [2.24, 2.45) is 0 Å². The lowest BCUT2D eigenvalue weighted by molar-refractivity contribution is 0.0950. The monoisotopic (exact) mass is 427 g/mol. The number of aromatic nitrogens is 3. The lowest BCUT2D eigenvalue weighted by Crippen LogP contribution is -2.40. The summed E-state index contributed by atoms with van der Waals surface area (Å²) in [5.74, 6) is -0.333. The lowest BCUT2D eigenvalue weighted by atomic mass is 10.1. The van der Waals surface area contributed by atoms with Crippen LogP contribution in [0.1, 0.15) is 42.3 Å². The van der Waals surface area contributed by atoms with E-state index in [4.69, 9.17) is 0 Å². The predicted octanol–water partition coefficient (Wildman–Crippen LogP) is 2.58. The van der Waals surface area contributed by atoms with Crippen LogP contribution >= 0.6 is 0 Å². The van der Waals surface area contributed by atoms with Gasteiger partial charge in [0.05, 0.1) is 10.6 Å². The van der Waals surface area contributed by atoms with Crippen LogP contribution in [0.2, 0.25) is 0 Å². The lowest BCUT2D eigenvalue weighted by Gasteiger charge is -2.20. The number of hydrogen-bond donors (Lipinski definition) is 2. The molecule has 2 aromatic carbocycles. The Hall–Kier alpha value is -3.04. The third-order valence-corrected chi connectivity index (χ3v) is 6.03. The van der Waals surface area contributed by atoms with Crippen molar-refractivity contribution in [3.8, 4) is 5.69 Å². The van der Waals surface area contributed by atoms with Crippen molar-refractivity contribution in [3.63, 3.8) is 0 Å². The van der Waals surface area contributed by atoms with Crippen LogP contribution in [-0.2, 0) is 16.6 Å². The summed E-state index contributed by atoms with van der Waals surface area (Å²) < 4.78 is 29.4. The number of carbonyl (C=O) groups is 1. The highest BCUT2D eigenvalue weighted by Crippen LogP contribution is 2.18. The van der Waals surface area contributed by atoms with Gasteiger partial charge in [0.2, 0.25) is 10.0 Å². The molecule has 0 atom stereocenters. The molecule has 9 heteroatoms. The van der Waals surface area contributed by atoms with E-state index in [1.165, 1.54) is 18.5 Å². The van der Waals surface area contributed by atoms with E-state index in [0.29, 0.717) is 17.7 Å². The summed E-state index contributed by atoms with van der Waals surface area (Å²) in [6.07, 6.45) is 3.07. The number of sulfonamides is 1. The molecule has 30 heavy (non-hydrogen) atoms. The quantitative estimate of drug-likeness (QED) is 0.629. The second kappa shape index (κ2) is 8.37. The number of amides is 1. The van der Waals surface area contributed by atoms with Crippen LogP contribution in [0.25, 0.3) is 5.69 Å². The molecule has 0 aliphatic carbocycles. The molecule has 3 rings (SSSR count). The van der Waals surface area contributed by atoms with Gasteiger partial charge < -0.3 is 5.32 Å². The van der Waals surface area contributed by atoms with Gasteiger partial charge in [-0.05, 0) is 63.1 Å². The first-order valence-corrected chi connectivity index (χ1v) is 10.9. The second-order valence-electron chi connectivity index (χ2n) is 8.02. The second-order valence-corrected chi connectivity index (χ2v) is 9.70. The normalized spacial score (nSPS) is 12.0. The Labute approximate surface area is 176 Å². The number of nitrogens with zero attached hydrogens (tertiary/aromatic N) is 3. The van der Waals surface area contributed by atoms with Crippen LogP contribution < -0.4 is 10.0 Å². The molecule has 158 valence electrons. The Balaban J connectivity index is 1.72. The molecule has 1 aromatic heterocycles. The minimum Gasteiger partial charge on any atom is -0.348 e. The minimum absolute atomic E-state index is 0.0605. The van der Waals surface area contributed by atoms with Gasteiger partial charge in [0, 0.05) is 17.6 Å². The zero-order valence-corrected chi connectivity index (χ0v) is 18.2. The zero-order valence-electron chi connectivity index (χ0n) is 17.4. The molecule has 0 radical (unpaired) electrons. The van der Waals surface area contributed by atoms with Gasteiger partial charge in [-0.1, -0.05) is 18.2 Å². The van der Waals surface area contributed by atoms with Crippen molar-refractivity contribution in [2.45, 2.75) is 44.7 Å². The van der Waals surface area contributed by atoms with Crippen molar-refractivity contribution in [1.29, 1.82) is 0 Å². The van der Waals surface area contributed by atoms with Crippen LogP contribution in [0, 0.1) is 6.92 Å². The number of hydrogen-bond acceptors (Lipinski definition) is 5. The SMILES string of the molecule is Cc1ccc(S(=O)(=O)NC(C)(C)C)cc1C(=O)NCc1ccc(-n2cncn2)cc1. The third-order valence-electron chi connectivity index (χ3n) is 4.28. The van der Waals surface area contributed by atoms with Crippen molar-refractivity contribution < 1.29 is 13.2 Å². The van der Waals surface area contributed by atoms with E-state index in [1.54, 1.807) is 44.8 Å². The Kier molecular flexibility index (Phi) is 6.04. The molecule has 3 aromatic rings. The van der Waals surface area contributed by atoms with Gasteiger partial charge in [-0.25, -0.2) is 22.8 Å². The molecule has 0 aliphatic rings.